The highest BCUT2D eigenvalue weighted by molar-refractivity contribution is 5.99. The van der Waals surface area contributed by atoms with Gasteiger partial charge in [0.15, 0.2) is 11.6 Å². The SMILES string of the molecule is CC(=O)c1ccc(OCC(O)COc2cccc(O)c2C(C)=O)cc1O. The number of benzene rings is 2. The van der Waals surface area contributed by atoms with Gasteiger partial charge in [-0.25, -0.2) is 0 Å². The predicted molar refractivity (Wildman–Crippen MR) is 93.2 cm³/mol. The van der Waals surface area contributed by atoms with Crippen molar-refractivity contribution in [3.63, 3.8) is 0 Å². The van der Waals surface area contributed by atoms with E-state index in [-0.39, 0.29) is 58.9 Å². The van der Waals surface area contributed by atoms with E-state index in [9.17, 15) is 24.9 Å². The summed E-state index contributed by atoms with van der Waals surface area (Å²) < 4.78 is 10.8. The van der Waals surface area contributed by atoms with Crippen LogP contribution in [-0.4, -0.2) is 46.2 Å². The monoisotopic (exact) mass is 360 g/mol. The van der Waals surface area contributed by atoms with Crippen molar-refractivity contribution in [2.75, 3.05) is 13.2 Å². The number of hydrogen-bond donors (Lipinski definition) is 3. The first kappa shape index (κ1) is 19.3. The van der Waals surface area contributed by atoms with Crippen LogP contribution in [0.3, 0.4) is 0 Å². The van der Waals surface area contributed by atoms with E-state index in [2.05, 4.69) is 0 Å². The molecule has 138 valence electrons. The second-order valence-electron chi connectivity index (χ2n) is 5.72. The highest BCUT2D eigenvalue weighted by Gasteiger charge is 2.15. The summed E-state index contributed by atoms with van der Waals surface area (Å²) in [6, 6.07) is 8.64. The molecule has 1 unspecified atom stereocenters. The number of aliphatic hydroxyl groups is 1. The van der Waals surface area contributed by atoms with Crippen molar-refractivity contribution in [3.05, 3.63) is 47.5 Å². The third kappa shape index (κ3) is 4.73. The zero-order valence-corrected chi connectivity index (χ0v) is 14.4. The first-order valence-electron chi connectivity index (χ1n) is 7.90. The molecule has 3 N–H and O–H groups in total. The molecule has 0 fully saturated rings. The van der Waals surface area contributed by atoms with Gasteiger partial charge in [0.05, 0.1) is 5.56 Å². The largest absolute Gasteiger partial charge is 0.507 e. The summed E-state index contributed by atoms with van der Waals surface area (Å²) in [7, 11) is 0. The number of ketones is 2. The Balaban J connectivity index is 1.93. The Kier molecular flexibility index (Phi) is 6.19. The Morgan fingerprint density at radius 2 is 1.65 bits per heavy atom. The number of aliphatic hydroxyl groups excluding tert-OH is 1. The molecule has 0 spiro atoms. The number of ether oxygens (including phenoxy) is 2. The molecule has 0 aliphatic rings. The number of aromatic hydroxyl groups is 2. The van der Waals surface area contributed by atoms with E-state index >= 15 is 0 Å². The molecule has 0 bridgehead atoms. The fourth-order valence-electron chi connectivity index (χ4n) is 2.32. The molecule has 1 atom stereocenters. The van der Waals surface area contributed by atoms with Crippen LogP contribution in [0.15, 0.2) is 36.4 Å². The Labute approximate surface area is 150 Å². The van der Waals surface area contributed by atoms with Gasteiger partial charge in [0.2, 0.25) is 0 Å². The molecule has 0 amide bonds. The van der Waals surface area contributed by atoms with E-state index in [1.165, 1.54) is 50.2 Å². The highest BCUT2D eigenvalue weighted by atomic mass is 16.5. The minimum Gasteiger partial charge on any atom is -0.507 e. The van der Waals surface area contributed by atoms with E-state index < -0.39 is 6.10 Å². The smallest absolute Gasteiger partial charge is 0.167 e. The lowest BCUT2D eigenvalue weighted by Crippen LogP contribution is -2.25. The van der Waals surface area contributed by atoms with Crippen LogP contribution in [0.2, 0.25) is 0 Å². The van der Waals surface area contributed by atoms with Gasteiger partial charge in [-0.05, 0) is 38.1 Å². The second-order valence-corrected chi connectivity index (χ2v) is 5.72. The van der Waals surface area contributed by atoms with E-state index in [1.54, 1.807) is 0 Å². The fraction of sp³-hybridized carbons (Fsp3) is 0.263. The van der Waals surface area contributed by atoms with E-state index in [4.69, 9.17) is 9.47 Å². The number of Topliss-reactive ketones (excluding diaryl/α,β-unsaturated/α-hetero) is 2. The third-order valence-corrected chi connectivity index (χ3v) is 3.58. The van der Waals surface area contributed by atoms with Gasteiger partial charge in [-0.1, -0.05) is 6.07 Å². The van der Waals surface area contributed by atoms with Crippen LogP contribution in [0.4, 0.5) is 0 Å². The van der Waals surface area contributed by atoms with Gasteiger partial charge in [-0.2, -0.15) is 0 Å². The second kappa shape index (κ2) is 8.35. The summed E-state index contributed by atoms with van der Waals surface area (Å²) in [5, 5.41) is 29.4. The number of carbonyl (C=O) groups is 2. The molecule has 2 rings (SSSR count). The zero-order valence-electron chi connectivity index (χ0n) is 14.4. The molecule has 0 saturated carbocycles. The Morgan fingerprint density at radius 3 is 2.27 bits per heavy atom. The van der Waals surface area contributed by atoms with Gasteiger partial charge in [0.25, 0.3) is 0 Å². The van der Waals surface area contributed by atoms with Crippen LogP contribution in [-0.2, 0) is 0 Å². The molecule has 2 aromatic carbocycles. The van der Waals surface area contributed by atoms with Gasteiger partial charge >= 0.3 is 0 Å². The first-order valence-corrected chi connectivity index (χ1v) is 7.90. The standard InChI is InChI=1S/C19H20O7/c1-11(20)15-7-6-14(8-17(15)24)25-9-13(22)10-26-18-5-3-4-16(23)19(18)12(2)21/h3-8,13,22-24H,9-10H2,1-2H3. The zero-order chi connectivity index (χ0) is 19.3. The van der Waals surface area contributed by atoms with Gasteiger partial charge in [-0.15, -0.1) is 0 Å². The highest BCUT2D eigenvalue weighted by Crippen LogP contribution is 2.28. The van der Waals surface area contributed by atoms with Crippen molar-refractivity contribution in [2.45, 2.75) is 20.0 Å². The Morgan fingerprint density at radius 1 is 0.962 bits per heavy atom. The van der Waals surface area contributed by atoms with Crippen LogP contribution in [0.25, 0.3) is 0 Å². The lowest BCUT2D eigenvalue weighted by atomic mass is 10.1. The summed E-state index contributed by atoms with van der Waals surface area (Å²) in [6.07, 6.45) is -1.02. The average Bonchev–Trinajstić information content (AvgIpc) is 2.57. The summed E-state index contributed by atoms with van der Waals surface area (Å²) in [5.74, 6) is -0.568. The number of phenols is 2. The maximum absolute atomic E-state index is 11.6. The van der Waals surface area contributed by atoms with Crippen LogP contribution < -0.4 is 9.47 Å². The van der Waals surface area contributed by atoms with Crippen molar-refractivity contribution in [3.8, 4) is 23.0 Å². The van der Waals surface area contributed by atoms with E-state index in [0.29, 0.717) is 0 Å². The fourth-order valence-corrected chi connectivity index (χ4v) is 2.32. The lowest BCUT2D eigenvalue weighted by molar-refractivity contribution is 0.0618. The maximum atomic E-state index is 11.6. The molecule has 0 aromatic heterocycles. The summed E-state index contributed by atoms with van der Waals surface area (Å²) in [4.78, 5) is 22.8. The minimum absolute atomic E-state index is 0.0466. The van der Waals surface area contributed by atoms with Crippen LogP contribution >= 0.6 is 0 Å². The molecule has 7 nitrogen and oxygen atoms in total. The van der Waals surface area contributed by atoms with Gasteiger partial charge < -0.3 is 24.8 Å². The van der Waals surface area contributed by atoms with E-state index in [0.717, 1.165) is 0 Å². The molecular weight excluding hydrogens is 340 g/mol. The average molecular weight is 360 g/mol. The first-order chi connectivity index (χ1) is 12.3. The Hall–Kier alpha value is -3.06. The number of carbonyl (C=O) groups excluding carboxylic acids is 2. The van der Waals surface area contributed by atoms with Crippen LogP contribution in [0, 0.1) is 0 Å². The van der Waals surface area contributed by atoms with Crippen molar-refractivity contribution in [1.82, 2.24) is 0 Å². The van der Waals surface area contributed by atoms with Gasteiger partial charge in [-0.3, -0.25) is 9.59 Å². The minimum atomic E-state index is -1.02. The number of rotatable bonds is 8. The molecule has 0 aliphatic heterocycles. The van der Waals surface area contributed by atoms with Gasteiger partial charge in [0, 0.05) is 6.07 Å². The molecular formula is C19H20O7. The van der Waals surface area contributed by atoms with E-state index in [1.807, 2.05) is 0 Å². The summed E-state index contributed by atoms with van der Waals surface area (Å²) >= 11 is 0. The maximum Gasteiger partial charge on any atom is 0.167 e. The molecule has 0 saturated heterocycles. The lowest BCUT2D eigenvalue weighted by Gasteiger charge is -2.16. The topological polar surface area (TPSA) is 113 Å². The summed E-state index contributed by atoms with van der Waals surface area (Å²) in [5.41, 5.74) is 0.229. The molecule has 0 heterocycles. The van der Waals surface area contributed by atoms with Crippen molar-refractivity contribution >= 4 is 11.6 Å². The number of phenolic OH excluding ortho intramolecular Hbond substituents is 2. The molecule has 0 aliphatic carbocycles. The Bertz CT molecular complexity index is 814. The van der Waals surface area contributed by atoms with Crippen molar-refractivity contribution in [1.29, 1.82) is 0 Å². The van der Waals surface area contributed by atoms with Gasteiger partial charge in [0.1, 0.15) is 47.9 Å². The number of hydrogen-bond acceptors (Lipinski definition) is 7. The van der Waals surface area contributed by atoms with Crippen LogP contribution in [0.1, 0.15) is 34.6 Å². The predicted octanol–water partition coefficient (Wildman–Crippen LogP) is 2.32. The molecule has 7 heteroatoms. The molecule has 26 heavy (non-hydrogen) atoms. The van der Waals surface area contributed by atoms with Crippen molar-refractivity contribution in [2.24, 2.45) is 0 Å². The summed E-state index contributed by atoms with van der Waals surface area (Å²) in [6.45, 7) is 2.35. The molecule has 2 aromatic rings. The molecule has 0 radical (unpaired) electrons. The van der Waals surface area contributed by atoms with Crippen LogP contribution in [0.5, 0.6) is 23.0 Å². The quantitative estimate of drug-likeness (QED) is 0.619. The normalized spacial score (nSPS) is 11.7. The third-order valence-electron chi connectivity index (χ3n) is 3.58. The van der Waals surface area contributed by atoms with Crippen molar-refractivity contribution < 1.29 is 34.4 Å².